The van der Waals surface area contributed by atoms with Crippen molar-refractivity contribution >= 4 is 0 Å². The second-order valence-corrected chi connectivity index (χ2v) is 2.20. The molecule has 0 radical (unpaired) electrons. The Balaban J connectivity index is 2.38. The highest BCUT2D eigenvalue weighted by Crippen LogP contribution is 2.16. The number of rotatable bonds is 0. The highest BCUT2D eigenvalue weighted by Gasteiger charge is 2.03. The van der Waals surface area contributed by atoms with Gasteiger partial charge in [0.1, 0.15) is 0 Å². The number of fused-ring (bicyclic) bond motifs is 1. The van der Waals surface area contributed by atoms with Crippen LogP contribution < -0.4 is 10.6 Å². The van der Waals surface area contributed by atoms with Gasteiger partial charge in [0.25, 0.3) is 0 Å². The van der Waals surface area contributed by atoms with Gasteiger partial charge in [0.15, 0.2) is 0 Å². The van der Waals surface area contributed by atoms with E-state index in [1.165, 1.54) is 11.1 Å². The van der Waals surface area contributed by atoms with Crippen molar-refractivity contribution in [2.45, 2.75) is 0 Å². The molecule has 0 amide bonds. The smallest absolute Gasteiger partial charge is 0.00847 e. The van der Waals surface area contributed by atoms with E-state index in [9.17, 15) is 0 Å². The molecule has 50 valence electrons. The molecule has 2 nitrogen and oxygen atoms in total. The van der Waals surface area contributed by atoms with Crippen LogP contribution in [0.3, 0.4) is 0 Å². The van der Waals surface area contributed by atoms with Gasteiger partial charge in [-0.25, -0.2) is 0 Å². The molecule has 0 aromatic rings. The van der Waals surface area contributed by atoms with E-state index < -0.39 is 0 Å². The van der Waals surface area contributed by atoms with Gasteiger partial charge in [-0.05, 0) is 12.2 Å². The third-order valence-electron chi connectivity index (χ3n) is 1.53. The third-order valence-corrected chi connectivity index (χ3v) is 1.53. The number of allylic oxidation sites excluding steroid dienone is 4. The fourth-order valence-electron chi connectivity index (χ4n) is 1.01. The van der Waals surface area contributed by atoms with Gasteiger partial charge in [0.05, 0.1) is 0 Å². The maximum Gasteiger partial charge on any atom is 0.00847 e. The summed E-state index contributed by atoms with van der Waals surface area (Å²) in [5, 5.41) is 6.04. The van der Waals surface area contributed by atoms with Crippen LogP contribution in [0.25, 0.3) is 0 Å². The average molecular weight is 132 g/mol. The molecule has 0 aromatic carbocycles. The van der Waals surface area contributed by atoms with Crippen LogP contribution in [0, 0.1) is 0 Å². The Morgan fingerprint density at radius 2 is 1.30 bits per heavy atom. The standard InChI is InChI=1S/C8H8N2/c1-3-9-6-8-2-4-10-5-7(1)8/h1-6,9-10H. The van der Waals surface area contributed by atoms with E-state index in [2.05, 4.69) is 10.6 Å². The van der Waals surface area contributed by atoms with Gasteiger partial charge in [0, 0.05) is 35.9 Å². The number of dihydropyridines is 2. The van der Waals surface area contributed by atoms with Crippen molar-refractivity contribution in [3.63, 3.8) is 0 Å². The fourth-order valence-corrected chi connectivity index (χ4v) is 1.01. The fraction of sp³-hybridized carbons (Fsp3) is 0. The lowest BCUT2D eigenvalue weighted by Gasteiger charge is -2.12. The molecule has 2 aliphatic heterocycles. The van der Waals surface area contributed by atoms with Gasteiger partial charge < -0.3 is 10.6 Å². The lowest BCUT2D eigenvalue weighted by atomic mass is 10.1. The van der Waals surface area contributed by atoms with Crippen LogP contribution in [0.5, 0.6) is 0 Å². The molecule has 0 aromatic heterocycles. The highest BCUT2D eigenvalue weighted by atomic mass is 14.8. The van der Waals surface area contributed by atoms with Crippen molar-refractivity contribution in [2.24, 2.45) is 0 Å². The van der Waals surface area contributed by atoms with E-state index in [4.69, 9.17) is 0 Å². The van der Waals surface area contributed by atoms with Gasteiger partial charge in [0.2, 0.25) is 0 Å². The summed E-state index contributed by atoms with van der Waals surface area (Å²) in [6, 6.07) is 0. The number of hydrogen-bond acceptors (Lipinski definition) is 2. The van der Waals surface area contributed by atoms with Crippen molar-refractivity contribution in [1.82, 2.24) is 10.6 Å². The summed E-state index contributed by atoms with van der Waals surface area (Å²) in [6.45, 7) is 0. The molecule has 2 rings (SSSR count). The molecule has 0 spiro atoms. The summed E-state index contributed by atoms with van der Waals surface area (Å²) >= 11 is 0. The van der Waals surface area contributed by atoms with Crippen molar-refractivity contribution in [1.29, 1.82) is 0 Å². The number of hydrogen-bond donors (Lipinski definition) is 2. The molecular formula is C8H8N2. The lowest BCUT2D eigenvalue weighted by Crippen LogP contribution is -2.08. The molecule has 2 aliphatic rings. The quantitative estimate of drug-likeness (QED) is 0.513. The van der Waals surface area contributed by atoms with Crippen LogP contribution in [0.15, 0.2) is 48.1 Å². The molecule has 0 unspecified atom stereocenters. The largest absolute Gasteiger partial charge is 0.367 e. The third kappa shape index (κ3) is 0.739. The molecule has 0 aliphatic carbocycles. The first-order valence-corrected chi connectivity index (χ1v) is 3.23. The topological polar surface area (TPSA) is 24.1 Å². The Morgan fingerprint density at radius 3 is 1.80 bits per heavy atom. The van der Waals surface area contributed by atoms with Crippen LogP contribution >= 0.6 is 0 Å². The van der Waals surface area contributed by atoms with Gasteiger partial charge in [-0.1, -0.05) is 0 Å². The van der Waals surface area contributed by atoms with Crippen LogP contribution in [-0.4, -0.2) is 0 Å². The van der Waals surface area contributed by atoms with Crippen LogP contribution in [-0.2, 0) is 0 Å². The summed E-state index contributed by atoms with van der Waals surface area (Å²) < 4.78 is 0. The summed E-state index contributed by atoms with van der Waals surface area (Å²) in [5.74, 6) is 0. The lowest BCUT2D eigenvalue weighted by molar-refractivity contribution is 1.08. The normalized spacial score (nSPS) is 20.0. The molecule has 10 heavy (non-hydrogen) atoms. The molecule has 0 atom stereocenters. The Kier molecular flexibility index (Phi) is 1.10. The van der Waals surface area contributed by atoms with E-state index in [-0.39, 0.29) is 0 Å². The Hall–Kier alpha value is -1.44. The first-order chi connectivity index (χ1) is 4.97. The Labute approximate surface area is 59.6 Å². The van der Waals surface area contributed by atoms with Crippen LogP contribution in [0.1, 0.15) is 0 Å². The molecule has 0 bridgehead atoms. The first kappa shape index (κ1) is 5.35. The van der Waals surface area contributed by atoms with E-state index in [0.29, 0.717) is 0 Å². The summed E-state index contributed by atoms with van der Waals surface area (Å²) in [7, 11) is 0. The van der Waals surface area contributed by atoms with Crippen molar-refractivity contribution in [2.75, 3.05) is 0 Å². The Bertz CT molecular complexity index is 228. The van der Waals surface area contributed by atoms with Gasteiger partial charge in [-0.15, -0.1) is 0 Å². The maximum atomic E-state index is 3.02. The minimum absolute atomic E-state index is 1.22. The van der Waals surface area contributed by atoms with E-state index in [1.54, 1.807) is 0 Å². The summed E-state index contributed by atoms with van der Waals surface area (Å²) in [5.41, 5.74) is 2.45. The van der Waals surface area contributed by atoms with Gasteiger partial charge in [-0.3, -0.25) is 0 Å². The zero-order valence-corrected chi connectivity index (χ0v) is 5.46. The zero-order valence-electron chi connectivity index (χ0n) is 5.46. The maximum absolute atomic E-state index is 3.02. The van der Waals surface area contributed by atoms with E-state index in [1.807, 2.05) is 37.0 Å². The minimum atomic E-state index is 1.22. The second-order valence-electron chi connectivity index (χ2n) is 2.20. The Morgan fingerprint density at radius 1 is 0.800 bits per heavy atom. The predicted octanol–water partition coefficient (Wildman–Crippen LogP) is 0.988. The molecule has 2 N–H and O–H groups in total. The van der Waals surface area contributed by atoms with Crippen molar-refractivity contribution < 1.29 is 0 Å². The van der Waals surface area contributed by atoms with Crippen LogP contribution in [0.2, 0.25) is 0 Å². The highest BCUT2D eigenvalue weighted by molar-refractivity contribution is 5.49. The zero-order chi connectivity index (χ0) is 6.81. The van der Waals surface area contributed by atoms with Crippen molar-refractivity contribution in [3.05, 3.63) is 48.1 Å². The monoisotopic (exact) mass is 132 g/mol. The van der Waals surface area contributed by atoms with Crippen LogP contribution in [0.4, 0.5) is 0 Å². The summed E-state index contributed by atoms with van der Waals surface area (Å²) in [4.78, 5) is 0. The van der Waals surface area contributed by atoms with E-state index >= 15 is 0 Å². The average Bonchev–Trinajstić information content (AvgIpc) is 2.05. The van der Waals surface area contributed by atoms with Gasteiger partial charge in [-0.2, -0.15) is 0 Å². The second kappa shape index (κ2) is 2.06. The molecule has 0 fully saturated rings. The SMILES string of the molecule is C1=CC2=CNC=CC2=CN1. The molecule has 0 saturated carbocycles. The molecule has 0 saturated heterocycles. The van der Waals surface area contributed by atoms with Gasteiger partial charge >= 0.3 is 0 Å². The van der Waals surface area contributed by atoms with E-state index in [0.717, 1.165) is 0 Å². The van der Waals surface area contributed by atoms with Crippen molar-refractivity contribution in [3.8, 4) is 0 Å². The number of nitrogens with one attached hydrogen (secondary N) is 2. The predicted molar refractivity (Wildman–Crippen MR) is 40.7 cm³/mol. The molecular weight excluding hydrogens is 124 g/mol. The summed E-state index contributed by atoms with van der Waals surface area (Å²) in [6.07, 6.45) is 11.8. The molecule has 2 heteroatoms. The first-order valence-electron chi connectivity index (χ1n) is 3.23. The molecule has 2 heterocycles. The minimum Gasteiger partial charge on any atom is -0.367 e.